The Kier molecular flexibility index (Phi) is 4.24. The van der Waals surface area contributed by atoms with Crippen LogP contribution in [0.5, 0.6) is 0 Å². The highest BCUT2D eigenvalue weighted by molar-refractivity contribution is 9.09. The lowest BCUT2D eigenvalue weighted by Crippen LogP contribution is -2.20. The molecule has 0 aliphatic rings. The van der Waals surface area contributed by atoms with Crippen LogP contribution in [0.4, 0.5) is 5.82 Å². The smallest absolute Gasteiger partial charge is 0.146 e. The summed E-state index contributed by atoms with van der Waals surface area (Å²) < 4.78 is 0. The van der Waals surface area contributed by atoms with Crippen LogP contribution in [0.25, 0.3) is 0 Å². The molecule has 0 bridgehead atoms. The number of hydrogen-bond donors (Lipinski definition) is 3. The molecular formula is C8H12BrN3O2. The van der Waals surface area contributed by atoms with E-state index < -0.39 is 12.2 Å². The minimum Gasteiger partial charge on any atom is -0.390 e. The van der Waals surface area contributed by atoms with Gasteiger partial charge >= 0.3 is 0 Å². The van der Waals surface area contributed by atoms with Gasteiger partial charge in [-0.1, -0.05) is 15.9 Å². The number of aliphatic hydroxyl groups excluding tert-OH is 2. The Hall–Kier alpha value is -0.720. The summed E-state index contributed by atoms with van der Waals surface area (Å²) >= 11 is 3.18. The number of aliphatic hydroxyl groups is 2. The van der Waals surface area contributed by atoms with E-state index in [0.717, 1.165) is 0 Å². The van der Waals surface area contributed by atoms with E-state index in [9.17, 15) is 10.2 Å². The number of nitrogens with two attached hydrogens (primary N) is 1. The van der Waals surface area contributed by atoms with Gasteiger partial charge in [-0.05, 0) is 18.6 Å². The van der Waals surface area contributed by atoms with E-state index >= 15 is 0 Å². The SMILES string of the molecule is Nc1ccc(C(O)C(O)CCBr)nn1. The summed E-state index contributed by atoms with van der Waals surface area (Å²) in [7, 11) is 0. The van der Waals surface area contributed by atoms with Crippen LogP contribution in [0.3, 0.4) is 0 Å². The molecule has 14 heavy (non-hydrogen) atoms. The zero-order valence-electron chi connectivity index (χ0n) is 7.47. The first-order chi connectivity index (χ1) is 6.65. The number of alkyl halides is 1. The predicted octanol–water partition coefficient (Wildman–Crippen LogP) is 0.238. The van der Waals surface area contributed by atoms with Crippen LogP contribution < -0.4 is 5.73 Å². The van der Waals surface area contributed by atoms with E-state index in [4.69, 9.17) is 5.73 Å². The third kappa shape index (κ3) is 2.90. The number of nitrogen functional groups attached to an aromatic ring is 1. The van der Waals surface area contributed by atoms with Gasteiger partial charge in [0.1, 0.15) is 11.9 Å². The molecule has 6 heteroatoms. The van der Waals surface area contributed by atoms with Crippen molar-refractivity contribution in [3.63, 3.8) is 0 Å². The highest BCUT2D eigenvalue weighted by atomic mass is 79.9. The maximum Gasteiger partial charge on any atom is 0.146 e. The van der Waals surface area contributed by atoms with Crippen molar-refractivity contribution in [2.24, 2.45) is 0 Å². The monoisotopic (exact) mass is 261 g/mol. The fourth-order valence-electron chi connectivity index (χ4n) is 0.977. The van der Waals surface area contributed by atoms with Crippen molar-refractivity contribution in [3.05, 3.63) is 17.8 Å². The number of aromatic nitrogens is 2. The van der Waals surface area contributed by atoms with Crippen LogP contribution in [0, 0.1) is 0 Å². The van der Waals surface area contributed by atoms with Gasteiger partial charge < -0.3 is 15.9 Å². The summed E-state index contributed by atoms with van der Waals surface area (Å²) in [6, 6.07) is 3.08. The second-order valence-electron chi connectivity index (χ2n) is 2.87. The molecule has 2 unspecified atom stereocenters. The van der Waals surface area contributed by atoms with Gasteiger partial charge in [-0.15, -0.1) is 5.10 Å². The van der Waals surface area contributed by atoms with E-state index in [1.54, 1.807) is 6.07 Å². The average molecular weight is 262 g/mol. The molecule has 0 saturated carbocycles. The van der Waals surface area contributed by atoms with Gasteiger partial charge in [0.2, 0.25) is 0 Å². The van der Waals surface area contributed by atoms with Gasteiger partial charge in [0.15, 0.2) is 0 Å². The highest BCUT2D eigenvalue weighted by Gasteiger charge is 2.19. The second kappa shape index (κ2) is 5.23. The first kappa shape index (κ1) is 11.4. The number of rotatable bonds is 4. The summed E-state index contributed by atoms with van der Waals surface area (Å²) in [5, 5.41) is 26.9. The minimum atomic E-state index is -1.01. The fraction of sp³-hybridized carbons (Fsp3) is 0.500. The van der Waals surface area contributed by atoms with Crippen LogP contribution in [-0.4, -0.2) is 31.8 Å². The fourth-order valence-corrected chi connectivity index (χ4v) is 1.45. The average Bonchev–Trinajstić information content (AvgIpc) is 2.18. The zero-order valence-corrected chi connectivity index (χ0v) is 9.05. The molecule has 5 nitrogen and oxygen atoms in total. The Morgan fingerprint density at radius 3 is 2.57 bits per heavy atom. The molecule has 1 aromatic rings. The van der Waals surface area contributed by atoms with E-state index in [1.807, 2.05) is 0 Å². The van der Waals surface area contributed by atoms with Crippen molar-refractivity contribution in [2.75, 3.05) is 11.1 Å². The first-order valence-corrected chi connectivity index (χ1v) is 5.28. The Morgan fingerprint density at radius 2 is 2.07 bits per heavy atom. The quantitative estimate of drug-likeness (QED) is 0.676. The Balaban J connectivity index is 2.68. The molecule has 1 aromatic heterocycles. The number of halogens is 1. The number of anilines is 1. The Labute approximate surface area is 90.1 Å². The third-order valence-corrected chi connectivity index (χ3v) is 2.24. The molecule has 0 aromatic carbocycles. The van der Waals surface area contributed by atoms with E-state index in [0.29, 0.717) is 17.4 Å². The zero-order chi connectivity index (χ0) is 10.6. The molecule has 2 atom stereocenters. The lowest BCUT2D eigenvalue weighted by molar-refractivity contribution is 0.0143. The molecule has 0 amide bonds. The van der Waals surface area contributed by atoms with Crippen LogP contribution in [-0.2, 0) is 0 Å². The molecule has 0 aliphatic heterocycles. The van der Waals surface area contributed by atoms with Crippen molar-refractivity contribution in [1.82, 2.24) is 10.2 Å². The molecular weight excluding hydrogens is 250 g/mol. The molecule has 0 radical (unpaired) electrons. The summed E-state index contributed by atoms with van der Waals surface area (Å²) in [5.41, 5.74) is 5.66. The normalized spacial score (nSPS) is 15.1. The molecule has 0 fully saturated rings. The molecule has 0 saturated heterocycles. The summed E-state index contributed by atoms with van der Waals surface area (Å²) in [4.78, 5) is 0. The van der Waals surface area contributed by atoms with Gasteiger partial charge in [-0.3, -0.25) is 0 Å². The van der Waals surface area contributed by atoms with Crippen molar-refractivity contribution in [3.8, 4) is 0 Å². The molecule has 78 valence electrons. The molecule has 0 spiro atoms. The topological polar surface area (TPSA) is 92.3 Å². The van der Waals surface area contributed by atoms with Gasteiger partial charge in [-0.25, -0.2) is 0 Å². The van der Waals surface area contributed by atoms with Crippen LogP contribution in [0.15, 0.2) is 12.1 Å². The standard InChI is InChI=1S/C8H12BrN3O2/c9-4-3-6(13)8(14)5-1-2-7(10)12-11-5/h1-2,6,8,13-14H,3-4H2,(H2,10,12). The minimum absolute atomic E-state index is 0.288. The Bertz CT molecular complexity index is 280. The van der Waals surface area contributed by atoms with Gasteiger partial charge in [0, 0.05) is 5.33 Å². The maximum absolute atomic E-state index is 9.60. The predicted molar refractivity (Wildman–Crippen MR) is 55.8 cm³/mol. The summed E-state index contributed by atoms with van der Waals surface area (Å²) in [5.74, 6) is 0.288. The van der Waals surface area contributed by atoms with Gasteiger partial charge in [-0.2, -0.15) is 5.10 Å². The number of nitrogens with zero attached hydrogens (tertiary/aromatic N) is 2. The lowest BCUT2D eigenvalue weighted by atomic mass is 10.1. The first-order valence-electron chi connectivity index (χ1n) is 4.16. The van der Waals surface area contributed by atoms with Crippen molar-refractivity contribution >= 4 is 21.7 Å². The molecule has 4 N–H and O–H groups in total. The Morgan fingerprint density at radius 1 is 1.36 bits per heavy atom. The van der Waals surface area contributed by atoms with E-state index in [-0.39, 0.29) is 5.82 Å². The van der Waals surface area contributed by atoms with Crippen LogP contribution >= 0.6 is 15.9 Å². The van der Waals surface area contributed by atoms with E-state index in [2.05, 4.69) is 26.1 Å². The summed E-state index contributed by atoms with van der Waals surface area (Å²) in [6.45, 7) is 0. The van der Waals surface area contributed by atoms with Gasteiger partial charge in [0.25, 0.3) is 0 Å². The number of hydrogen-bond acceptors (Lipinski definition) is 5. The lowest BCUT2D eigenvalue weighted by Gasteiger charge is -2.15. The second-order valence-corrected chi connectivity index (χ2v) is 3.67. The highest BCUT2D eigenvalue weighted by Crippen LogP contribution is 2.17. The molecule has 1 heterocycles. The summed E-state index contributed by atoms with van der Waals surface area (Å²) in [6.07, 6.45) is -1.40. The van der Waals surface area contributed by atoms with Crippen LogP contribution in [0.1, 0.15) is 18.2 Å². The van der Waals surface area contributed by atoms with Crippen LogP contribution in [0.2, 0.25) is 0 Å². The maximum atomic E-state index is 9.60. The third-order valence-electron chi connectivity index (χ3n) is 1.78. The van der Waals surface area contributed by atoms with Crippen molar-refractivity contribution in [1.29, 1.82) is 0 Å². The molecule has 0 aliphatic carbocycles. The van der Waals surface area contributed by atoms with Gasteiger partial charge in [0.05, 0.1) is 11.8 Å². The van der Waals surface area contributed by atoms with Crippen molar-refractivity contribution in [2.45, 2.75) is 18.6 Å². The molecule has 1 rings (SSSR count). The van der Waals surface area contributed by atoms with E-state index in [1.165, 1.54) is 6.07 Å². The largest absolute Gasteiger partial charge is 0.390 e. The van der Waals surface area contributed by atoms with Crippen molar-refractivity contribution < 1.29 is 10.2 Å².